The topological polar surface area (TPSA) is 53.1 Å². The number of aromatic nitrogens is 2. The van der Waals surface area contributed by atoms with Gasteiger partial charge in [-0.2, -0.15) is 5.10 Å². The molecule has 2 atom stereocenters. The Bertz CT molecular complexity index is 527. The molecule has 0 aliphatic rings. The molecule has 0 amide bonds. The molecule has 2 aromatic rings. The van der Waals surface area contributed by atoms with Crippen LogP contribution in [0.4, 0.5) is 0 Å². The molecule has 0 fully saturated rings. The zero-order valence-electron chi connectivity index (χ0n) is 11.1. The maximum absolute atomic E-state index is 6.33. The van der Waals surface area contributed by atoms with Crippen LogP contribution in [-0.4, -0.2) is 16.9 Å². The number of nitrogens with two attached hydrogens (primary N) is 1. The van der Waals surface area contributed by atoms with Crippen LogP contribution in [-0.2, 0) is 11.3 Å². The Hall–Kier alpha value is -1.36. The molecule has 0 bridgehead atoms. The first-order valence-electron chi connectivity index (χ1n) is 6.23. The molecule has 0 saturated heterocycles. The van der Waals surface area contributed by atoms with Gasteiger partial charge in [0.05, 0.1) is 23.0 Å². The van der Waals surface area contributed by atoms with E-state index in [0.29, 0.717) is 5.02 Å². The molecule has 0 aliphatic heterocycles. The number of hydrogen-bond donors (Lipinski definition) is 1. The fourth-order valence-electron chi connectivity index (χ4n) is 2.23. The predicted molar refractivity (Wildman–Crippen MR) is 76.0 cm³/mol. The molecule has 1 aromatic carbocycles. The van der Waals surface area contributed by atoms with Crippen molar-refractivity contribution in [2.75, 3.05) is 7.11 Å². The standard InChI is InChI=1S/C14H18ClN3O/c1-3-18-13(11(15)9-17-18)12(16)14(19-2)10-7-5-4-6-8-10/h4-9,12,14H,3,16H2,1-2H3. The average Bonchev–Trinajstić information content (AvgIpc) is 2.81. The van der Waals surface area contributed by atoms with E-state index < -0.39 is 0 Å². The first kappa shape index (κ1) is 14.1. The highest BCUT2D eigenvalue weighted by atomic mass is 35.5. The third-order valence-electron chi connectivity index (χ3n) is 3.16. The van der Waals surface area contributed by atoms with E-state index in [1.54, 1.807) is 13.3 Å². The molecule has 102 valence electrons. The molecular weight excluding hydrogens is 262 g/mol. The maximum Gasteiger partial charge on any atom is 0.103 e. The van der Waals surface area contributed by atoms with E-state index >= 15 is 0 Å². The Balaban J connectivity index is 2.36. The molecule has 1 aromatic heterocycles. The van der Waals surface area contributed by atoms with Crippen LogP contribution >= 0.6 is 11.6 Å². The minimum atomic E-state index is -0.359. The molecule has 0 spiro atoms. The van der Waals surface area contributed by atoms with E-state index in [0.717, 1.165) is 17.8 Å². The molecule has 2 rings (SSSR count). The molecular formula is C14H18ClN3O. The van der Waals surface area contributed by atoms with Gasteiger partial charge in [-0.3, -0.25) is 4.68 Å². The summed E-state index contributed by atoms with van der Waals surface area (Å²) in [6, 6.07) is 9.52. The first-order chi connectivity index (χ1) is 9.19. The van der Waals surface area contributed by atoms with Gasteiger partial charge >= 0.3 is 0 Å². The van der Waals surface area contributed by atoms with Gasteiger partial charge in [0.15, 0.2) is 0 Å². The van der Waals surface area contributed by atoms with Crippen LogP contribution in [0.3, 0.4) is 0 Å². The van der Waals surface area contributed by atoms with Crippen LogP contribution < -0.4 is 5.73 Å². The van der Waals surface area contributed by atoms with Crippen molar-refractivity contribution in [2.45, 2.75) is 25.6 Å². The third kappa shape index (κ3) is 2.81. The van der Waals surface area contributed by atoms with E-state index in [2.05, 4.69) is 5.10 Å². The molecule has 0 saturated carbocycles. The van der Waals surface area contributed by atoms with Crippen molar-refractivity contribution < 1.29 is 4.74 Å². The summed E-state index contributed by atoms with van der Waals surface area (Å²) in [5.74, 6) is 0. The van der Waals surface area contributed by atoms with Gasteiger partial charge in [-0.15, -0.1) is 0 Å². The molecule has 2 N–H and O–H groups in total. The highest BCUT2D eigenvalue weighted by molar-refractivity contribution is 6.31. The van der Waals surface area contributed by atoms with E-state index in [1.807, 2.05) is 41.9 Å². The highest BCUT2D eigenvalue weighted by Gasteiger charge is 2.26. The minimum Gasteiger partial charge on any atom is -0.375 e. The van der Waals surface area contributed by atoms with Crippen LogP contribution in [0.1, 0.15) is 30.3 Å². The van der Waals surface area contributed by atoms with E-state index in [4.69, 9.17) is 22.1 Å². The van der Waals surface area contributed by atoms with Crippen LogP contribution in [0.15, 0.2) is 36.5 Å². The van der Waals surface area contributed by atoms with Gasteiger partial charge in [0.1, 0.15) is 6.10 Å². The van der Waals surface area contributed by atoms with Crippen LogP contribution in [0.5, 0.6) is 0 Å². The Morgan fingerprint density at radius 1 is 1.37 bits per heavy atom. The van der Waals surface area contributed by atoms with Crippen molar-refractivity contribution in [3.63, 3.8) is 0 Å². The van der Waals surface area contributed by atoms with E-state index in [1.165, 1.54) is 0 Å². The second kappa shape index (κ2) is 6.19. The van der Waals surface area contributed by atoms with Crippen molar-refractivity contribution in [1.82, 2.24) is 9.78 Å². The van der Waals surface area contributed by atoms with Gasteiger partial charge in [-0.05, 0) is 12.5 Å². The monoisotopic (exact) mass is 279 g/mol. The van der Waals surface area contributed by atoms with Crippen molar-refractivity contribution >= 4 is 11.6 Å². The predicted octanol–water partition coefficient (Wildman–Crippen LogP) is 2.94. The van der Waals surface area contributed by atoms with Crippen molar-refractivity contribution in [2.24, 2.45) is 5.73 Å². The third-order valence-corrected chi connectivity index (χ3v) is 3.45. The lowest BCUT2D eigenvalue weighted by Gasteiger charge is -2.24. The number of halogens is 1. The number of benzene rings is 1. The lowest BCUT2D eigenvalue weighted by atomic mass is 10.00. The summed E-state index contributed by atoms with van der Waals surface area (Å²) in [4.78, 5) is 0. The second-order valence-corrected chi connectivity index (χ2v) is 4.69. The van der Waals surface area contributed by atoms with E-state index in [-0.39, 0.29) is 12.1 Å². The zero-order valence-corrected chi connectivity index (χ0v) is 11.8. The summed E-state index contributed by atoms with van der Waals surface area (Å²) < 4.78 is 7.36. The molecule has 1 heterocycles. The Kier molecular flexibility index (Phi) is 4.58. The number of methoxy groups -OCH3 is 1. The number of ether oxygens (including phenoxy) is 1. The fraction of sp³-hybridized carbons (Fsp3) is 0.357. The van der Waals surface area contributed by atoms with Crippen molar-refractivity contribution in [3.05, 3.63) is 52.8 Å². The van der Waals surface area contributed by atoms with E-state index in [9.17, 15) is 0 Å². The normalized spacial score (nSPS) is 14.3. The van der Waals surface area contributed by atoms with Crippen LogP contribution in [0.25, 0.3) is 0 Å². The van der Waals surface area contributed by atoms with Crippen molar-refractivity contribution in [1.29, 1.82) is 0 Å². The first-order valence-corrected chi connectivity index (χ1v) is 6.61. The van der Waals surface area contributed by atoms with Gasteiger partial charge in [0, 0.05) is 13.7 Å². The lowest BCUT2D eigenvalue weighted by molar-refractivity contribution is 0.0776. The molecule has 0 aliphatic carbocycles. The molecule has 2 unspecified atom stereocenters. The number of hydrogen-bond acceptors (Lipinski definition) is 3. The Morgan fingerprint density at radius 3 is 2.63 bits per heavy atom. The molecule has 5 heteroatoms. The van der Waals surface area contributed by atoms with Gasteiger partial charge in [-0.25, -0.2) is 0 Å². The summed E-state index contributed by atoms with van der Waals surface area (Å²) in [5, 5.41) is 4.79. The molecule has 0 radical (unpaired) electrons. The smallest absolute Gasteiger partial charge is 0.103 e. The van der Waals surface area contributed by atoms with Crippen LogP contribution in [0, 0.1) is 0 Å². The summed E-state index contributed by atoms with van der Waals surface area (Å²) in [7, 11) is 1.65. The number of nitrogens with zero attached hydrogens (tertiary/aromatic N) is 2. The van der Waals surface area contributed by atoms with Gasteiger partial charge < -0.3 is 10.5 Å². The zero-order chi connectivity index (χ0) is 13.8. The summed E-state index contributed by atoms with van der Waals surface area (Å²) in [5.41, 5.74) is 8.16. The number of rotatable bonds is 5. The summed E-state index contributed by atoms with van der Waals surface area (Å²) in [6.07, 6.45) is 1.37. The average molecular weight is 280 g/mol. The lowest BCUT2D eigenvalue weighted by Crippen LogP contribution is -2.24. The fourth-order valence-corrected chi connectivity index (χ4v) is 2.50. The SMILES string of the molecule is CCn1ncc(Cl)c1C(N)C(OC)c1ccccc1. The summed E-state index contributed by atoms with van der Waals surface area (Å²) >= 11 is 6.19. The number of aryl methyl sites for hydroxylation is 1. The Morgan fingerprint density at radius 2 is 2.05 bits per heavy atom. The Labute approximate surface area is 118 Å². The maximum atomic E-state index is 6.33. The van der Waals surface area contributed by atoms with Gasteiger partial charge in [0.2, 0.25) is 0 Å². The second-order valence-electron chi connectivity index (χ2n) is 4.29. The largest absolute Gasteiger partial charge is 0.375 e. The van der Waals surface area contributed by atoms with Crippen molar-refractivity contribution in [3.8, 4) is 0 Å². The quantitative estimate of drug-likeness (QED) is 0.915. The minimum absolute atomic E-state index is 0.249. The van der Waals surface area contributed by atoms with Gasteiger partial charge in [-0.1, -0.05) is 41.9 Å². The molecule has 19 heavy (non-hydrogen) atoms. The highest BCUT2D eigenvalue weighted by Crippen LogP contribution is 2.33. The summed E-state index contributed by atoms with van der Waals surface area (Å²) in [6.45, 7) is 2.73. The molecule has 4 nitrogen and oxygen atoms in total. The van der Waals surface area contributed by atoms with Gasteiger partial charge in [0.25, 0.3) is 0 Å². The van der Waals surface area contributed by atoms with Crippen LogP contribution in [0.2, 0.25) is 5.02 Å².